The van der Waals surface area contributed by atoms with E-state index in [-0.39, 0.29) is 12.5 Å². The van der Waals surface area contributed by atoms with E-state index in [1.165, 1.54) is 0 Å². The molecule has 1 aromatic carbocycles. The van der Waals surface area contributed by atoms with Crippen molar-refractivity contribution in [3.05, 3.63) is 29.3 Å². The van der Waals surface area contributed by atoms with Crippen LogP contribution in [0.2, 0.25) is 0 Å². The van der Waals surface area contributed by atoms with Gasteiger partial charge in [0, 0.05) is 22.8 Å². The minimum Gasteiger partial charge on any atom is -0.486 e. The molecule has 2 rings (SSSR count). The molecule has 19 heavy (non-hydrogen) atoms. The molecule has 5 nitrogen and oxygen atoms in total. The molecule has 0 spiro atoms. The maximum absolute atomic E-state index is 11.7. The zero-order valence-corrected chi connectivity index (χ0v) is 12.0. The molecule has 0 unspecified atom stereocenters. The molecule has 0 atom stereocenters. The lowest BCUT2D eigenvalue weighted by atomic mass is 10.2. The van der Waals surface area contributed by atoms with E-state index in [0.29, 0.717) is 36.9 Å². The highest BCUT2D eigenvalue weighted by atomic mass is 79.9. The third-order valence-electron chi connectivity index (χ3n) is 2.43. The molecule has 1 aliphatic rings. The number of amides is 1. The molecule has 0 fully saturated rings. The lowest BCUT2D eigenvalue weighted by Crippen LogP contribution is -2.28. The number of anilines is 1. The Bertz CT molecular complexity index is 491. The van der Waals surface area contributed by atoms with Crippen LogP contribution in [0.3, 0.4) is 0 Å². The predicted molar refractivity (Wildman–Crippen MR) is 77.0 cm³/mol. The highest BCUT2D eigenvalue weighted by Crippen LogP contribution is 2.32. The maximum atomic E-state index is 11.7. The smallest absolute Gasteiger partial charge is 0.238 e. The molecule has 0 saturated heterocycles. The van der Waals surface area contributed by atoms with E-state index in [0.717, 1.165) is 4.48 Å². The molecule has 1 aliphatic heterocycles. The first-order valence-corrected chi connectivity index (χ1v) is 6.68. The first-order chi connectivity index (χ1) is 9.15. The lowest BCUT2D eigenvalue weighted by molar-refractivity contribution is -0.115. The zero-order valence-electron chi connectivity index (χ0n) is 10.4. The predicted octanol–water partition coefficient (Wildman–Crippen LogP) is 1.89. The number of fused-ring (bicyclic) bond motifs is 1. The van der Waals surface area contributed by atoms with Crippen molar-refractivity contribution in [1.82, 2.24) is 5.32 Å². The summed E-state index contributed by atoms with van der Waals surface area (Å²) in [5.74, 6) is 1.24. The summed E-state index contributed by atoms with van der Waals surface area (Å²) in [4.78, 5) is 11.7. The van der Waals surface area contributed by atoms with Gasteiger partial charge in [0.15, 0.2) is 11.5 Å². The summed E-state index contributed by atoms with van der Waals surface area (Å²) < 4.78 is 11.7. The summed E-state index contributed by atoms with van der Waals surface area (Å²) in [6.07, 6.45) is 0. The summed E-state index contributed by atoms with van der Waals surface area (Å²) in [5, 5.41) is 5.74. The molecule has 0 saturated carbocycles. The molecular formula is C13H15BrN2O3. The fourth-order valence-corrected chi connectivity index (χ4v) is 1.84. The monoisotopic (exact) mass is 326 g/mol. The zero-order chi connectivity index (χ0) is 13.7. The van der Waals surface area contributed by atoms with E-state index >= 15 is 0 Å². The minimum atomic E-state index is -0.120. The van der Waals surface area contributed by atoms with Crippen LogP contribution in [0.15, 0.2) is 29.3 Å². The van der Waals surface area contributed by atoms with E-state index < -0.39 is 0 Å². The molecule has 0 aliphatic carbocycles. The van der Waals surface area contributed by atoms with Crippen molar-refractivity contribution in [2.75, 3.05) is 31.6 Å². The van der Waals surface area contributed by atoms with Crippen molar-refractivity contribution >= 4 is 27.5 Å². The molecule has 102 valence electrons. The van der Waals surface area contributed by atoms with Crippen molar-refractivity contribution in [2.45, 2.75) is 0 Å². The van der Waals surface area contributed by atoms with Gasteiger partial charge in [0.1, 0.15) is 13.2 Å². The number of carbonyl (C=O) groups is 1. The van der Waals surface area contributed by atoms with Crippen molar-refractivity contribution in [3.8, 4) is 11.5 Å². The van der Waals surface area contributed by atoms with Gasteiger partial charge in [-0.05, 0) is 12.1 Å². The Morgan fingerprint density at radius 3 is 2.74 bits per heavy atom. The van der Waals surface area contributed by atoms with Crippen molar-refractivity contribution in [2.24, 2.45) is 0 Å². The Labute approximate surface area is 120 Å². The van der Waals surface area contributed by atoms with E-state index in [9.17, 15) is 4.79 Å². The van der Waals surface area contributed by atoms with Crippen LogP contribution in [-0.4, -0.2) is 32.2 Å². The average Bonchev–Trinajstić information content (AvgIpc) is 2.38. The third-order valence-corrected chi connectivity index (χ3v) is 2.71. The molecule has 1 heterocycles. The number of rotatable bonds is 5. The summed E-state index contributed by atoms with van der Waals surface area (Å²) in [7, 11) is 0. The first kappa shape index (κ1) is 13.9. The van der Waals surface area contributed by atoms with E-state index in [4.69, 9.17) is 9.47 Å². The second-order valence-corrected chi connectivity index (χ2v) is 5.15. The van der Waals surface area contributed by atoms with Gasteiger partial charge < -0.3 is 20.1 Å². The van der Waals surface area contributed by atoms with Gasteiger partial charge in [-0.1, -0.05) is 22.5 Å². The molecule has 0 aromatic heterocycles. The largest absolute Gasteiger partial charge is 0.486 e. The first-order valence-electron chi connectivity index (χ1n) is 5.88. The quantitative estimate of drug-likeness (QED) is 0.867. The minimum absolute atomic E-state index is 0.120. The number of nitrogens with one attached hydrogen (secondary N) is 2. The summed E-state index contributed by atoms with van der Waals surface area (Å²) in [6.45, 7) is 5.53. The highest BCUT2D eigenvalue weighted by molar-refractivity contribution is 9.11. The van der Waals surface area contributed by atoms with Gasteiger partial charge in [0.25, 0.3) is 0 Å². The van der Waals surface area contributed by atoms with Gasteiger partial charge in [-0.25, -0.2) is 0 Å². The molecule has 0 radical (unpaired) electrons. The molecule has 6 heteroatoms. The SMILES string of the molecule is C=C(Br)CNCC(=O)Nc1ccc2c(c1)OCCO2. The molecule has 0 bridgehead atoms. The second kappa shape index (κ2) is 6.58. The number of hydrogen-bond acceptors (Lipinski definition) is 4. The fourth-order valence-electron chi connectivity index (χ4n) is 1.64. The Morgan fingerprint density at radius 1 is 1.26 bits per heavy atom. The summed E-state index contributed by atoms with van der Waals surface area (Å²) in [6, 6.07) is 5.34. The van der Waals surface area contributed by atoms with Crippen LogP contribution in [-0.2, 0) is 4.79 Å². The van der Waals surface area contributed by atoms with Crippen LogP contribution >= 0.6 is 15.9 Å². The van der Waals surface area contributed by atoms with Gasteiger partial charge >= 0.3 is 0 Å². The standard InChI is InChI=1S/C13H15BrN2O3/c1-9(14)7-15-8-13(17)16-10-2-3-11-12(6-10)19-5-4-18-11/h2-3,6,15H,1,4-5,7-8H2,(H,16,17). The molecule has 1 amide bonds. The lowest BCUT2D eigenvalue weighted by Gasteiger charge is -2.19. The number of benzene rings is 1. The van der Waals surface area contributed by atoms with Gasteiger partial charge in [-0.3, -0.25) is 4.79 Å². The number of halogens is 1. The Balaban J connectivity index is 1.88. The molecular weight excluding hydrogens is 312 g/mol. The van der Waals surface area contributed by atoms with Crippen LogP contribution in [0, 0.1) is 0 Å². The van der Waals surface area contributed by atoms with Crippen LogP contribution in [0.5, 0.6) is 11.5 Å². The number of ether oxygens (including phenoxy) is 2. The van der Waals surface area contributed by atoms with Crippen LogP contribution in [0.25, 0.3) is 0 Å². The Hall–Kier alpha value is -1.53. The van der Waals surface area contributed by atoms with Gasteiger partial charge in [-0.2, -0.15) is 0 Å². The number of hydrogen-bond donors (Lipinski definition) is 2. The van der Waals surface area contributed by atoms with Gasteiger partial charge in [-0.15, -0.1) is 0 Å². The summed E-state index contributed by atoms with van der Waals surface area (Å²) >= 11 is 3.21. The molecule has 2 N–H and O–H groups in total. The van der Waals surface area contributed by atoms with E-state index in [2.05, 4.69) is 33.1 Å². The average molecular weight is 327 g/mol. The van der Waals surface area contributed by atoms with Gasteiger partial charge in [0.05, 0.1) is 6.54 Å². The maximum Gasteiger partial charge on any atom is 0.238 e. The van der Waals surface area contributed by atoms with Crippen LogP contribution in [0.1, 0.15) is 0 Å². The van der Waals surface area contributed by atoms with E-state index in [1.54, 1.807) is 18.2 Å². The second-order valence-electron chi connectivity index (χ2n) is 4.03. The highest BCUT2D eigenvalue weighted by Gasteiger charge is 2.12. The van der Waals surface area contributed by atoms with Crippen LogP contribution in [0.4, 0.5) is 5.69 Å². The summed E-state index contributed by atoms with van der Waals surface area (Å²) in [5.41, 5.74) is 0.689. The normalized spacial score (nSPS) is 12.9. The molecule has 1 aromatic rings. The topological polar surface area (TPSA) is 59.6 Å². The van der Waals surface area contributed by atoms with Crippen molar-refractivity contribution < 1.29 is 14.3 Å². The van der Waals surface area contributed by atoms with Crippen LogP contribution < -0.4 is 20.1 Å². The van der Waals surface area contributed by atoms with E-state index in [1.807, 2.05) is 0 Å². The third kappa shape index (κ3) is 4.25. The van der Waals surface area contributed by atoms with Gasteiger partial charge in [0.2, 0.25) is 5.91 Å². The van der Waals surface area contributed by atoms with Crippen molar-refractivity contribution in [3.63, 3.8) is 0 Å². The fraction of sp³-hybridized carbons (Fsp3) is 0.308. The Kier molecular flexibility index (Phi) is 4.81. The van der Waals surface area contributed by atoms with Crippen molar-refractivity contribution in [1.29, 1.82) is 0 Å². The number of carbonyl (C=O) groups excluding carboxylic acids is 1. The Morgan fingerprint density at radius 2 is 2.00 bits per heavy atom.